The second kappa shape index (κ2) is 12.3. The van der Waals surface area contributed by atoms with Gasteiger partial charge in [-0.1, -0.05) is 23.7 Å². The Morgan fingerprint density at radius 1 is 1.10 bits per heavy atom. The zero-order chi connectivity index (χ0) is 29.1. The lowest BCUT2D eigenvalue weighted by Crippen LogP contribution is -2.57. The van der Waals surface area contributed by atoms with E-state index in [-0.39, 0.29) is 28.1 Å². The molecule has 0 unspecified atom stereocenters. The average Bonchev–Trinajstić information content (AvgIpc) is 2.97. The van der Waals surface area contributed by atoms with Crippen molar-refractivity contribution in [3.63, 3.8) is 0 Å². The summed E-state index contributed by atoms with van der Waals surface area (Å²) in [6, 6.07) is 11.8. The van der Waals surface area contributed by atoms with Gasteiger partial charge in [0.1, 0.15) is 11.5 Å². The van der Waals surface area contributed by atoms with Gasteiger partial charge in [-0.05, 0) is 53.9 Å². The molecular formula is C30H32ClF3N4O3. The monoisotopic (exact) mass is 588 g/mol. The molecule has 3 heterocycles. The van der Waals surface area contributed by atoms with Crippen molar-refractivity contribution in [1.82, 2.24) is 19.7 Å². The Labute approximate surface area is 242 Å². The Bertz CT molecular complexity index is 1400. The number of amides is 1. The number of phenolic OH excluding ortho intramolecular Hbond substituents is 1. The molecule has 5 rings (SSSR count). The minimum Gasteiger partial charge on any atom is -0.506 e. The van der Waals surface area contributed by atoms with E-state index >= 15 is 0 Å². The summed E-state index contributed by atoms with van der Waals surface area (Å²) in [5, 5.41) is 10.4. The second-order valence-corrected chi connectivity index (χ2v) is 10.9. The minimum atomic E-state index is -4.62. The van der Waals surface area contributed by atoms with Gasteiger partial charge in [-0.2, -0.15) is 13.2 Å². The molecule has 11 heteroatoms. The number of hydrogen-bond acceptors (Lipinski definition) is 6. The van der Waals surface area contributed by atoms with E-state index < -0.39 is 17.6 Å². The van der Waals surface area contributed by atoms with E-state index in [1.54, 1.807) is 23.1 Å². The Balaban J connectivity index is 1.33. The maximum absolute atomic E-state index is 13.7. The number of carbonyl (C=O) groups excluding carboxylic acids is 1. The molecule has 1 amide bonds. The zero-order valence-electron chi connectivity index (χ0n) is 22.7. The summed E-state index contributed by atoms with van der Waals surface area (Å²) in [6.45, 7) is 4.89. The van der Waals surface area contributed by atoms with E-state index in [4.69, 9.17) is 16.3 Å². The Morgan fingerprint density at radius 2 is 1.90 bits per heavy atom. The number of benzene rings is 2. The molecule has 0 bridgehead atoms. The van der Waals surface area contributed by atoms with Crippen LogP contribution >= 0.6 is 11.6 Å². The van der Waals surface area contributed by atoms with Crippen molar-refractivity contribution in [2.45, 2.75) is 31.6 Å². The standard InChI is InChI=1S/C30H32ClF3N4O3/c1-41-25-16-22(15-23(17-25)30(32,33)34)29(40)38-12-11-37(19-24(38)13-20-4-5-26(31)28(39)14-20)10-9-36-8-6-27-21(18-36)3-2-7-35-27/h2-5,7,14-17,24,39H,6,8-13,18-19H2,1H3/t24-/m1/s1. The highest BCUT2D eigenvalue weighted by molar-refractivity contribution is 6.32. The smallest absolute Gasteiger partial charge is 0.416 e. The van der Waals surface area contributed by atoms with Crippen LogP contribution in [0, 0.1) is 0 Å². The van der Waals surface area contributed by atoms with E-state index in [0.717, 1.165) is 56.0 Å². The van der Waals surface area contributed by atoms with Crippen molar-refractivity contribution in [3.05, 3.63) is 87.7 Å². The largest absolute Gasteiger partial charge is 0.506 e. The molecule has 0 saturated carbocycles. The van der Waals surface area contributed by atoms with Crippen LogP contribution in [0.25, 0.3) is 0 Å². The number of methoxy groups -OCH3 is 1. The molecule has 1 aromatic heterocycles. The number of pyridine rings is 1. The van der Waals surface area contributed by atoms with Crippen LogP contribution in [0.2, 0.25) is 5.02 Å². The number of nitrogens with zero attached hydrogens (tertiary/aromatic N) is 4. The van der Waals surface area contributed by atoms with E-state index in [0.29, 0.717) is 26.1 Å². The summed E-state index contributed by atoms with van der Waals surface area (Å²) in [5.74, 6) is -0.575. The molecule has 1 fully saturated rings. The number of ether oxygens (including phenoxy) is 1. The maximum atomic E-state index is 13.7. The number of halogens is 4. The first kappa shape index (κ1) is 29.2. The van der Waals surface area contributed by atoms with Crippen molar-refractivity contribution in [1.29, 1.82) is 0 Å². The van der Waals surface area contributed by atoms with Gasteiger partial charge in [0.15, 0.2) is 0 Å². The number of phenols is 1. The van der Waals surface area contributed by atoms with Gasteiger partial charge in [-0.3, -0.25) is 19.6 Å². The van der Waals surface area contributed by atoms with Gasteiger partial charge in [0.2, 0.25) is 0 Å². The molecule has 7 nitrogen and oxygen atoms in total. The van der Waals surface area contributed by atoms with Gasteiger partial charge in [-0.25, -0.2) is 0 Å². The number of aromatic hydroxyl groups is 1. The molecule has 218 valence electrons. The van der Waals surface area contributed by atoms with Crippen molar-refractivity contribution in [2.24, 2.45) is 0 Å². The van der Waals surface area contributed by atoms with Crippen LogP contribution in [0.1, 0.15) is 32.7 Å². The van der Waals surface area contributed by atoms with E-state index in [1.165, 1.54) is 18.7 Å². The van der Waals surface area contributed by atoms with E-state index in [2.05, 4.69) is 20.9 Å². The summed E-state index contributed by atoms with van der Waals surface area (Å²) < 4.78 is 45.8. The van der Waals surface area contributed by atoms with Crippen molar-refractivity contribution < 1.29 is 27.8 Å². The summed E-state index contributed by atoms with van der Waals surface area (Å²) in [5.41, 5.74) is 2.16. The van der Waals surface area contributed by atoms with Gasteiger partial charge >= 0.3 is 6.18 Å². The summed E-state index contributed by atoms with van der Waals surface area (Å²) in [4.78, 5) is 24.5. The van der Waals surface area contributed by atoms with Crippen molar-refractivity contribution >= 4 is 17.5 Å². The number of alkyl halides is 3. The molecule has 1 atom stereocenters. The zero-order valence-corrected chi connectivity index (χ0v) is 23.5. The van der Waals surface area contributed by atoms with Crippen LogP contribution in [0.15, 0.2) is 54.7 Å². The Hall–Kier alpha value is -3.34. The van der Waals surface area contributed by atoms with Crippen molar-refractivity contribution in [3.8, 4) is 11.5 Å². The fourth-order valence-electron chi connectivity index (χ4n) is 5.59. The molecule has 2 aromatic carbocycles. The second-order valence-electron chi connectivity index (χ2n) is 10.5. The molecule has 0 spiro atoms. The number of hydrogen-bond donors (Lipinski definition) is 1. The lowest BCUT2D eigenvalue weighted by atomic mass is 9.99. The number of aromatic nitrogens is 1. The minimum absolute atomic E-state index is 0.0284. The maximum Gasteiger partial charge on any atom is 0.416 e. The molecule has 2 aliphatic rings. The third kappa shape index (κ3) is 6.94. The van der Waals surface area contributed by atoms with E-state index in [1.807, 2.05) is 12.3 Å². The molecule has 3 aromatic rings. The van der Waals surface area contributed by atoms with Gasteiger partial charge in [0, 0.05) is 75.7 Å². The highest BCUT2D eigenvalue weighted by atomic mass is 35.5. The van der Waals surface area contributed by atoms with Gasteiger partial charge in [0.05, 0.1) is 17.7 Å². The van der Waals surface area contributed by atoms with Crippen LogP contribution in [-0.4, -0.2) is 83.1 Å². The van der Waals surface area contributed by atoms with Crippen LogP contribution in [0.5, 0.6) is 11.5 Å². The Morgan fingerprint density at radius 3 is 2.66 bits per heavy atom. The van der Waals surface area contributed by atoms with Gasteiger partial charge in [-0.15, -0.1) is 0 Å². The predicted octanol–water partition coefficient (Wildman–Crippen LogP) is 4.90. The van der Waals surface area contributed by atoms with Crippen LogP contribution < -0.4 is 4.74 Å². The molecule has 0 radical (unpaired) electrons. The first-order chi connectivity index (χ1) is 19.6. The van der Waals surface area contributed by atoms with Crippen molar-refractivity contribution in [2.75, 3.05) is 46.4 Å². The number of fused-ring (bicyclic) bond motifs is 1. The highest BCUT2D eigenvalue weighted by Crippen LogP contribution is 2.33. The van der Waals surface area contributed by atoms with Gasteiger partial charge < -0.3 is 14.7 Å². The average molecular weight is 589 g/mol. The number of rotatable bonds is 7. The highest BCUT2D eigenvalue weighted by Gasteiger charge is 2.35. The lowest BCUT2D eigenvalue weighted by Gasteiger charge is -2.42. The fraction of sp³-hybridized carbons (Fsp3) is 0.400. The first-order valence-corrected chi connectivity index (χ1v) is 13.9. The molecule has 0 aliphatic carbocycles. The molecule has 2 aliphatic heterocycles. The number of piperazine rings is 1. The van der Waals surface area contributed by atoms with Crippen LogP contribution in [0.3, 0.4) is 0 Å². The molecule has 1 N–H and O–H groups in total. The number of carbonyl (C=O) groups is 1. The lowest BCUT2D eigenvalue weighted by molar-refractivity contribution is -0.137. The molecule has 1 saturated heterocycles. The Kier molecular flexibility index (Phi) is 8.72. The predicted molar refractivity (Wildman–Crippen MR) is 149 cm³/mol. The van der Waals surface area contributed by atoms with Crippen LogP contribution in [0.4, 0.5) is 13.2 Å². The summed E-state index contributed by atoms with van der Waals surface area (Å²) >= 11 is 6.00. The van der Waals surface area contributed by atoms with E-state index in [9.17, 15) is 23.1 Å². The molecule has 41 heavy (non-hydrogen) atoms. The summed E-state index contributed by atoms with van der Waals surface area (Å²) in [7, 11) is 1.27. The third-order valence-corrected chi connectivity index (χ3v) is 8.12. The SMILES string of the molecule is COc1cc(C(=O)N2CCN(CCN3CCc4ncccc4C3)C[C@H]2Cc2ccc(Cl)c(O)c2)cc(C(F)(F)F)c1. The fourth-order valence-corrected chi connectivity index (χ4v) is 5.71. The van der Waals surface area contributed by atoms with Crippen LogP contribution in [-0.2, 0) is 25.6 Å². The quantitative estimate of drug-likeness (QED) is 0.424. The van der Waals surface area contributed by atoms with Gasteiger partial charge in [0.25, 0.3) is 5.91 Å². The first-order valence-electron chi connectivity index (χ1n) is 13.5. The topological polar surface area (TPSA) is 69.1 Å². The summed E-state index contributed by atoms with van der Waals surface area (Å²) in [6.07, 6.45) is -1.48. The third-order valence-electron chi connectivity index (χ3n) is 7.80. The normalized spacial score (nSPS) is 18.3. The molecular weight excluding hydrogens is 557 g/mol.